The van der Waals surface area contributed by atoms with Crippen LogP contribution in [0.25, 0.3) is 0 Å². The number of Topliss-reactive ketones (excluding diaryl/α,β-unsaturated/α-hetero) is 1. The van der Waals surface area contributed by atoms with Crippen molar-refractivity contribution >= 4 is 50.9 Å². The van der Waals surface area contributed by atoms with Crippen LogP contribution in [0.15, 0.2) is 21.7 Å². The number of hydrogen-bond donors (Lipinski definition) is 4. The van der Waals surface area contributed by atoms with E-state index in [9.17, 15) is 32.4 Å². The Kier molecular flexibility index (Phi) is 13.8. The first-order valence-corrected chi connectivity index (χ1v) is 19.6. The van der Waals surface area contributed by atoms with Crippen molar-refractivity contribution in [3.8, 4) is 0 Å². The van der Waals surface area contributed by atoms with Crippen LogP contribution in [0, 0.1) is 29.1 Å². The van der Waals surface area contributed by atoms with E-state index >= 15 is 0 Å². The van der Waals surface area contributed by atoms with Crippen LogP contribution in [0.4, 0.5) is 4.79 Å². The number of likely N-dealkylation sites (N-methyl/N-ethyl adjacent to an activating group) is 2. The zero-order valence-electron chi connectivity index (χ0n) is 30.4. The SMILES string of the molecule is CC[C@H](C)[C@@H](CN(C)S(=O)(=O)c1cccs1)NC(=O)N[C@H](C(=O)N1CCC(C(C)C)[C@H]1C(=O)NC(CC1CC1)C(=O)C(=O)NC)C(C)(C)C. The fourth-order valence-corrected chi connectivity index (χ4v) is 8.70. The van der Waals surface area contributed by atoms with Gasteiger partial charge in [-0.3, -0.25) is 19.2 Å². The first kappa shape index (κ1) is 40.4. The van der Waals surface area contributed by atoms with Gasteiger partial charge in [0.05, 0.1) is 6.04 Å². The minimum absolute atomic E-state index is 0.0258. The van der Waals surface area contributed by atoms with Crippen LogP contribution in [0.5, 0.6) is 0 Å². The third-order valence-electron chi connectivity index (χ3n) is 9.85. The van der Waals surface area contributed by atoms with Crippen molar-refractivity contribution in [3.63, 3.8) is 0 Å². The number of rotatable bonds is 16. The topological polar surface area (TPSA) is 174 Å². The summed E-state index contributed by atoms with van der Waals surface area (Å²) in [5.41, 5.74) is -0.764. The number of ketones is 1. The maximum atomic E-state index is 14.4. The first-order chi connectivity index (χ1) is 22.8. The van der Waals surface area contributed by atoms with Crippen LogP contribution < -0.4 is 21.3 Å². The lowest BCUT2D eigenvalue weighted by molar-refractivity contribution is -0.144. The van der Waals surface area contributed by atoms with Gasteiger partial charge in [0.25, 0.3) is 15.9 Å². The standard InChI is InChI=1S/C34H56N6O7S2/c1-10-21(4)25(19-39(9)49(46,47)26-12-11-17-48-26)37-33(45)38-29(34(5,6)7)32(44)40-16-15-23(20(2)3)27(40)30(42)36-24(18-22-13-14-22)28(41)31(43)35-8/h11-12,17,20-25,27,29H,10,13-16,18-19H2,1-9H3,(H,35,43)(H,36,42)(H2,37,38,45)/t21-,23?,24?,25+,27-,29+/m0/s1. The van der Waals surface area contributed by atoms with Gasteiger partial charge in [-0.05, 0) is 53.4 Å². The molecule has 0 spiro atoms. The number of urea groups is 1. The second kappa shape index (κ2) is 16.8. The summed E-state index contributed by atoms with van der Waals surface area (Å²) in [6.45, 7) is 13.6. The fourth-order valence-electron chi connectivity index (χ4n) is 6.30. The summed E-state index contributed by atoms with van der Waals surface area (Å²) >= 11 is 1.12. The van der Waals surface area contributed by atoms with Crippen LogP contribution in [0.2, 0.25) is 0 Å². The highest BCUT2D eigenvalue weighted by Gasteiger charge is 2.48. The number of nitrogens with one attached hydrogen (secondary N) is 4. The molecule has 1 saturated heterocycles. The molecule has 2 heterocycles. The molecule has 2 unspecified atom stereocenters. The quantitative estimate of drug-likeness (QED) is 0.190. The monoisotopic (exact) mass is 724 g/mol. The van der Waals surface area contributed by atoms with Gasteiger partial charge in [-0.15, -0.1) is 11.3 Å². The number of hydrogen-bond acceptors (Lipinski definition) is 8. The number of carbonyl (C=O) groups is 5. The minimum Gasteiger partial charge on any atom is -0.353 e. The van der Waals surface area contributed by atoms with Crippen LogP contribution in [-0.2, 0) is 29.2 Å². The molecule has 3 rings (SSSR count). The summed E-state index contributed by atoms with van der Waals surface area (Å²) in [6, 6.07) is -0.899. The highest BCUT2D eigenvalue weighted by molar-refractivity contribution is 7.91. The van der Waals surface area contributed by atoms with Gasteiger partial charge >= 0.3 is 6.03 Å². The number of carbonyl (C=O) groups excluding carboxylic acids is 5. The second-order valence-corrected chi connectivity index (χ2v) is 18.2. The molecule has 1 saturated carbocycles. The van der Waals surface area contributed by atoms with E-state index in [0.717, 1.165) is 24.2 Å². The highest BCUT2D eigenvalue weighted by Crippen LogP contribution is 2.36. The third kappa shape index (κ3) is 10.3. The summed E-state index contributed by atoms with van der Waals surface area (Å²) in [7, 11) is -0.903. The number of sulfonamides is 1. The van der Waals surface area contributed by atoms with Gasteiger partial charge < -0.3 is 26.2 Å². The Bertz CT molecular complexity index is 1440. The molecule has 1 aromatic heterocycles. The molecule has 2 fully saturated rings. The zero-order chi connectivity index (χ0) is 36.8. The molecule has 5 amide bonds. The van der Waals surface area contributed by atoms with E-state index in [0.29, 0.717) is 19.3 Å². The Morgan fingerprint density at radius 2 is 1.69 bits per heavy atom. The molecular weight excluding hydrogens is 669 g/mol. The molecule has 1 aliphatic heterocycles. The van der Waals surface area contributed by atoms with Gasteiger partial charge in [0.2, 0.25) is 17.6 Å². The van der Waals surface area contributed by atoms with E-state index in [2.05, 4.69) is 21.3 Å². The average Bonchev–Trinajstić information content (AvgIpc) is 3.48. The van der Waals surface area contributed by atoms with Crippen LogP contribution in [-0.4, -0.2) is 98.5 Å². The van der Waals surface area contributed by atoms with E-state index in [4.69, 9.17) is 0 Å². The average molecular weight is 725 g/mol. The molecule has 15 heteroatoms. The Labute approximate surface area is 295 Å². The molecule has 1 aliphatic carbocycles. The smallest absolute Gasteiger partial charge is 0.315 e. The van der Waals surface area contributed by atoms with Crippen LogP contribution in [0.3, 0.4) is 0 Å². The number of amides is 5. The van der Waals surface area contributed by atoms with Crippen molar-refractivity contribution < 1.29 is 32.4 Å². The molecule has 13 nitrogen and oxygen atoms in total. The van der Waals surface area contributed by atoms with E-state index in [1.165, 1.54) is 29.4 Å². The Morgan fingerprint density at radius 1 is 1.04 bits per heavy atom. The molecular formula is C34H56N6O7S2. The maximum absolute atomic E-state index is 14.4. The molecule has 0 radical (unpaired) electrons. The largest absolute Gasteiger partial charge is 0.353 e. The van der Waals surface area contributed by atoms with E-state index < -0.39 is 69.1 Å². The molecule has 49 heavy (non-hydrogen) atoms. The van der Waals surface area contributed by atoms with Crippen molar-refractivity contribution in [3.05, 3.63) is 17.5 Å². The fraction of sp³-hybridized carbons (Fsp3) is 0.735. The van der Waals surface area contributed by atoms with Gasteiger partial charge in [0.1, 0.15) is 16.3 Å². The normalized spacial score (nSPS) is 20.8. The van der Waals surface area contributed by atoms with Gasteiger partial charge in [-0.2, -0.15) is 4.31 Å². The van der Waals surface area contributed by atoms with Crippen molar-refractivity contribution in [1.82, 2.24) is 30.5 Å². The van der Waals surface area contributed by atoms with Crippen molar-refractivity contribution in [2.75, 3.05) is 27.2 Å². The summed E-state index contributed by atoms with van der Waals surface area (Å²) in [5, 5.41) is 12.6. The summed E-state index contributed by atoms with van der Waals surface area (Å²) in [4.78, 5) is 68.6. The molecule has 6 atom stereocenters. The molecule has 276 valence electrons. The third-order valence-corrected chi connectivity index (χ3v) is 13.0. The first-order valence-electron chi connectivity index (χ1n) is 17.3. The van der Waals surface area contributed by atoms with Crippen LogP contribution >= 0.6 is 11.3 Å². The minimum atomic E-state index is -3.75. The molecule has 0 bridgehead atoms. The Balaban J connectivity index is 1.82. The molecule has 2 aliphatic rings. The van der Waals surface area contributed by atoms with E-state index in [1.807, 2.05) is 48.5 Å². The van der Waals surface area contributed by atoms with Gasteiger partial charge in [-0.25, -0.2) is 13.2 Å². The Hall–Kier alpha value is -3.04. The highest BCUT2D eigenvalue weighted by atomic mass is 32.2. The second-order valence-electron chi connectivity index (χ2n) is 15.0. The van der Waals surface area contributed by atoms with Crippen molar-refractivity contribution in [1.29, 1.82) is 0 Å². The van der Waals surface area contributed by atoms with Gasteiger partial charge in [-0.1, -0.05) is 73.8 Å². The van der Waals surface area contributed by atoms with Crippen molar-refractivity contribution in [2.45, 2.75) is 109 Å². The predicted octanol–water partition coefficient (Wildman–Crippen LogP) is 2.97. The summed E-state index contributed by atoms with van der Waals surface area (Å²) in [5.74, 6) is -2.41. The number of thiophene rings is 1. The van der Waals surface area contributed by atoms with Crippen LogP contribution in [0.1, 0.15) is 80.6 Å². The van der Waals surface area contributed by atoms with Gasteiger partial charge in [0.15, 0.2) is 0 Å². The Morgan fingerprint density at radius 3 is 2.20 bits per heavy atom. The lowest BCUT2D eigenvalue weighted by Crippen LogP contribution is -2.62. The molecule has 0 aromatic carbocycles. The predicted molar refractivity (Wildman–Crippen MR) is 189 cm³/mol. The number of likely N-dealkylation sites (tertiary alicyclic amines) is 1. The van der Waals surface area contributed by atoms with E-state index in [1.54, 1.807) is 11.4 Å². The molecule has 4 N–H and O–H groups in total. The van der Waals surface area contributed by atoms with Crippen molar-refractivity contribution in [2.24, 2.45) is 29.1 Å². The molecule has 1 aromatic rings. The zero-order valence-corrected chi connectivity index (χ0v) is 32.0. The lowest BCUT2D eigenvalue weighted by atomic mass is 9.84. The summed E-state index contributed by atoms with van der Waals surface area (Å²) < 4.78 is 27.7. The lowest BCUT2D eigenvalue weighted by Gasteiger charge is -2.37. The van der Waals surface area contributed by atoms with Gasteiger partial charge in [0, 0.05) is 33.2 Å². The number of nitrogens with zero attached hydrogens (tertiary/aromatic N) is 2. The summed E-state index contributed by atoms with van der Waals surface area (Å²) in [6.07, 6.45) is 3.44. The van der Waals surface area contributed by atoms with E-state index in [-0.39, 0.29) is 41.0 Å². The maximum Gasteiger partial charge on any atom is 0.315 e.